The number of hydrogen-bond donors (Lipinski definition) is 1. The first kappa shape index (κ1) is 20.1. The van der Waals surface area contributed by atoms with Gasteiger partial charge in [0, 0.05) is 25.6 Å². The highest BCUT2D eigenvalue weighted by Crippen LogP contribution is 2.22. The van der Waals surface area contributed by atoms with E-state index in [0.29, 0.717) is 6.54 Å². The number of hydrogen-bond acceptors (Lipinski definition) is 3. The van der Waals surface area contributed by atoms with Gasteiger partial charge in [0.1, 0.15) is 0 Å². The van der Waals surface area contributed by atoms with Crippen molar-refractivity contribution in [2.24, 2.45) is 0 Å². The molecule has 0 heterocycles. The Labute approximate surface area is 156 Å². The first-order valence-corrected chi connectivity index (χ1v) is 10.5. The predicted octanol–water partition coefficient (Wildman–Crippen LogP) is 3.02. The summed E-state index contributed by atoms with van der Waals surface area (Å²) < 4.78 is 25.7. The lowest BCUT2D eigenvalue weighted by Crippen LogP contribution is -2.36. The molecule has 140 valence electrons. The minimum atomic E-state index is -3.43. The molecule has 2 rings (SSSR count). The molecule has 26 heavy (non-hydrogen) atoms. The average Bonchev–Trinajstić information content (AvgIpc) is 2.61. The summed E-state index contributed by atoms with van der Waals surface area (Å²) in [6.45, 7) is 4.43. The molecule has 5 nitrogen and oxygen atoms in total. The minimum absolute atomic E-state index is 0.121. The summed E-state index contributed by atoms with van der Waals surface area (Å²) in [6.07, 6.45) is 1.30. The Morgan fingerprint density at radius 1 is 1.08 bits per heavy atom. The van der Waals surface area contributed by atoms with Crippen LogP contribution in [0.5, 0.6) is 0 Å². The third-order valence-electron chi connectivity index (χ3n) is 4.31. The summed E-state index contributed by atoms with van der Waals surface area (Å²) in [5.74, 6) is -0.167. The van der Waals surface area contributed by atoms with Gasteiger partial charge in [0.2, 0.25) is 15.9 Å². The monoisotopic (exact) mass is 374 g/mol. The van der Waals surface area contributed by atoms with Gasteiger partial charge in [-0.15, -0.1) is 0 Å². The molecule has 0 bridgehead atoms. The highest BCUT2D eigenvalue weighted by molar-refractivity contribution is 7.88. The van der Waals surface area contributed by atoms with Crippen LogP contribution in [0.3, 0.4) is 0 Å². The van der Waals surface area contributed by atoms with Gasteiger partial charge >= 0.3 is 0 Å². The van der Waals surface area contributed by atoms with Gasteiger partial charge in [-0.3, -0.25) is 4.79 Å². The SMILES string of the molecule is Cc1ccc(CNC(=O)CCN(C(C)c2ccccc2)S(C)(=O)=O)cc1. The van der Waals surface area contributed by atoms with Crippen molar-refractivity contribution >= 4 is 15.9 Å². The van der Waals surface area contributed by atoms with E-state index in [2.05, 4.69) is 5.32 Å². The smallest absolute Gasteiger partial charge is 0.221 e. The second-order valence-corrected chi connectivity index (χ2v) is 8.41. The van der Waals surface area contributed by atoms with Crippen molar-refractivity contribution in [1.82, 2.24) is 9.62 Å². The van der Waals surface area contributed by atoms with Crippen LogP contribution >= 0.6 is 0 Å². The Kier molecular flexibility index (Phi) is 6.94. The van der Waals surface area contributed by atoms with Gasteiger partial charge in [-0.25, -0.2) is 8.42 Å². The van der Waals surface area contributed by atoms with Crippen molar-refractivity contribution in [2.45, 2.75) is 32.9 Å². The Balaban J connectivity index is 1.94. The summed E-state index contributed by atoms with van der Waals surface area (Å²) in [7, 11) is -3.43. The molecule has 1 N–H and O–H groups in total. The van der Waals surface area contributed by atoms with Crippen molar-refractivity contribution in [2.75, 3.05) is 12.8 Å². The number of nitrogens with zero attached hydrogens (tertiary/aromatic N) is 1. The number of carbonyl (C=O) groups excluding carboxylic acids is 1. The van der Waals surface area contributed by atoms with Crippen LogP contribution in [0, 0.1) is 6.92 Å². The van der Waals surface area contributed by atoms with E-state index in [1.165, 1.54) is 16.1 Å². The standard InChI is InChI=1S/C20H26N2O3S/c1-16-9-11-18(12-10-16)15-21-20(23)13-14-22(26(3,24)25)17(2)19-7-5-4-6-8-19/h4-12,17H,13-15H2,1-3H3,(H,21,23). The molecule has 0 radical (unpaired) electrons. The maximum atomic E-state index is 12.2. The molecule has 2 aromatic carbocycles. The Morgan fingerprint density at radius 3 is 2.27 bits per heavy atom. The number of rotatable bonds is 8. The van der Waals surface area contributed by atoms with E-state index in [1.807, 2.05) is 68.4 Å². The normalized spacial score (nSPS) is 12.8. The molecule has 0 aliphatic heterocycles. The zero-order chi connectivity index (χ0) is 19.2. The maximum Gasteiger partial charge on any atom is 0.221 e. The summed E-state index contributed by atoms with van der Waals surface area (Å²) in [6, 6.07) is 17.0. The first-order valence-electron chi connectivity index (χ1n) is 8.61. The summed E-state index contributed by atoms with van der Waals surface area (Å²) in [4.78, 5) is 12.1. The molecule has 1 unspecified atom stereocenters. The van der Waals surface area contributed by atoms with E-state index < -0.39 is 10.0 Å². The number of aryl methyl sites for hydroxylation is 1. The lowest BCUT2D eigenvalue weighted by atomic mass is 10.1. The fraction of sp³-hybridized carbons (Fsp3) is 0.350. The molecular formula is C20H26N2O3S. The highest BCUT2D eigenvalue weighted by atomic mass is 32.2. The van der Waals surface area contributed by atoms with Crippen LogP contribution in [0.15, 0.2) is 54.6 Å². The second-order valence-electron chi connectivity index (χ2n) is 6.47. The quantitative estimate of drug-likeness (QED) is 0.772. The van der Waals surface area contributed by atoms with Crippen molar-refractivity contribution in [3.8, 4) is 0 Å². The van der Waals surface area contributed by atoms with Crippen LogP contribution in [0.2, 0.25) is 0 Å². The van der Waals surface area contributed by atoms with Gasteiger partial charge in [-0.05, 0) is 25.0 Å². The third-order valence-corrected chi connectivity index (χ3v) is 5.66. The van der Waals surface area contributed by atoms with Crippen LogP contribution in [0.1, 0.15) is 36.1 Å². The van der Waals surface area contributed by atoms with Crippen molar-refractivity contribution in [3.63, 3.8) is 0 Å². The van der Waals surface area contributed by atoms with Crippen LogP contribution < -0.4 is 5.32 Å². The van der Waals surface area contributed by atoms with Gasteiger partial charge in [0.25, 0.3) is 0 Å². The first-order chi connectivity index (χ1) is 12.3. The predicted molar refractivity (Wildman–Crippen MR) is 104 cm³/mol. The Hall–Kier alpha value is -2.18. The zero-order valence-electron chi connectivity index (χ0n) is 15.5. The Bertz CT molecular complexity index is 818. The fourth-order valence-electron chi connectivity index (χ4n) is 2.75. The van der Waals surface area contributed by atoms with E-state index >= 15 is 0 Å². The van der Waals surface area contributed by atoms with Gasteiger partial charge in [0.15, 0.2) is 0 Å². The van der Waals surface area contributed by atoms with E-state index in [0.717, 1.165) is 11.1 Å². The van der Waals surface area contributed by atoms with Crippen LogP contribution in [-0.4, -0.2) is 31.4 Å². The molecule has 0 aromatic heterocycles. The van der Waals surface area contributed by atoms with Crippen LogP contribution in [-0.2, 0) is 21.4 Å². The molecule has 0 aliphatic rings. The van der Waals surface area contributed by atoms with Gasteiger partial charge in [-0.2, -0.15) is 4.31 Å². The van der Waals surface area contributed by atoms with Gasteiger partial charge in [0.05, 0.1) is 6.26 Å². The zero-order valence-corrected chi connectivity index (χ0v) is 16.3. The molecule has 6 heteroatoms. The lowest BCUT2D eigenvalue weighted by Gasteiger charge is -2.27. The number of nitrogens with one attached hydrogen (secondary N) is 1. The highest BCUT2D eigenvalue weighted by Gasteiger charge is 2.24. The fourth-order valence-corrected chi connectivity index (χ4v) is 3.87. The summed E-state index contributed by atoms with van der Waals surface area (Å²) >= 11 is 0. The van der Waals surface area contributed by atoms with E-state index in [-0.39, 0.29) is 24.9 Å². The Morgan fingerprint density at radius 2 is 1.69 bits per heavy atom. The number of sulfonamides is 1. The van der Waals surface area contributed by atoms with Crippen molar-refractivity contribution in [1.29, 1.82) is 0 Å². The number of benzene rings is 2. The number of amides is 1. The molecule has 0 fully saturated rings. The summed E-state index contributed by atoms with van der Waals surface area (Å²) in [5.41, 5.74) is 3.08. The topological polar surface area (TPSA) is 66.5 Å². The van der Waals surface area contributed by atoms with Crippen molar-refractivity contribution < 1.29 is 13.2 Å². The molecule has 0 spiro atoms. The van der Waals surface area contributed by atoms with Gasteiger partial charge in [-0.1, -0.05) is 60.2 Å². The van der Waals surface area contributed by atoms with E-state index in [4.69, 9.17) is 0 Å². The largest absolute Gasteiger partial charge is 0.352 e. The summed E-state index contributed by atoms with van der Waals surface area (Å²) in [5, 5.41) is 2.84. The molecule has 0 saturated heterocycles. The average molecular weight is 375 g/mol. The maximum absolute atomic E-state index is 12.2. The van der Waals surface area contributed by atoms with E-state index in [9.17, 15) is 13.2 Å². The second kappa shape index (κ2) is 8.96. The molecule has 0 saturated carbocycles. The van der Waals surface area contributed by atoms with Crippen molar-refractivity contribution in [3.05, 3.63) is 71.3 Å². The minimum Gasteiger partial charge on any atom is -0.352 e. The molecule has 2 aromatic rings. The van der Waals surface area contributed by atoms with Gasteiger partial charge < -0.3 is 5.32 Å². The molecule has 1 amide bonds. The van der Waals surface area contributed by atoms with E-state index in [1.54, 1.807) is 0 Å². The van der Waals surface area contributed by atoms with Crippen LogP contribution in [0.4, 0.5) is 0 Å². The molecule has 1 atom stereocenters. The van der Waals surface area contributed by atoms with Crippen LogP contribution in [0.25, 0.3) is 0 Å². The molecule has 0 aliphatic carbocycles. The molecular weight excluding hydrogens is 348 g/mol. The lowest BCUT2D eigenvalue weighted by molar-refractivity contribution is -0.121. The number of carbonyl (C=O) groups is 1. The third kappa shape index (κ3) is 5.97.